The van der Waals surface area contributed by atoms with E-state index in [0.717, 1.165) is 36.7 Å². The number of hydrogen-bond acceptors (Lipinski definition) is 2. The number of anilines is 1. The Hall–Kier alpha value is -1.48. The van der Waals surface area contributed by atoms with Crippen molar-refractivity contribution in [2.24, 2.45) is 0 Å². The van der Waals surface area contributed by atoms with E-state index in [0.29, 0.717) is 11.1 Å². The monoisotopic (exact) mass is 265 g/mol. The summed E-state index contributed by atoms with van der Waals surface area (Å²) in [6, 6.07) is 6.03. The molecule has 2 rings (SSSR count). The molecular formula is C14H16ClNO2. The number of nitrogens with zero attached hydrogens (tertiary/aromatic N) is 1. The normalized spacial score (nSPS) is 19.7. The van der Waals surface area contributed by atoms with E-state index < -0.39 is 5.97 Å². The van der Waals surface area contributed by atoms with Gasteiger partial charge in [-0.15, -0.1) is 0 Å². The van der Waals surface area contributed by atoms with Crippen molar-refractivity contribution >= 4 is 29.3 Å². The van der Waals surface area contributed by atoms with Crippen LogP contribution >= 0.6 is 11.6 Å². The van der Waals surface area contributed by atoms with Crippen LogP contribution in [0.15, 0.2) is 24.3 Å². The molecule has 1 heterocycles. The van der Waals surface area contributed by atoms with Gasteiger partial charge in [0, 0.05) is 18.7 Å². The molecule has 1 N–H and O–H groups in total. The molecule has 3 nitrogen and oxygen atoms in total. The average molecular weight is 266 g/mol. The summed E-state index contributed by atoms with van der Waals surface area (Å²) in [7, 11) is 0. The third kappa shape index (κ3) is 2.67. The number of carboxylic acid groups (broad SMARTS) is 1. The van der Waals surface area contributed by atoms with Crippen LogP contribution in [0.2, 0.25) is 5.02 Å². The molecule has 4 heteroatoms. The maximum atomic E-state index is 10.6. The molecule has 0 radical (unpaired) electrons. The number of aliphatic carboxylic acids is 1. The van der Waals surface area contributed by atoms with Crippen molar-refractivity contribution in [1.29, 1.82) is 0 Å². The number of benzene rings is 1. The Morgan fingerprint density at radius 3 is 2.94 bits per heavy atom. The van der Waals surface area contributed by atoms with Gasteiger partial charge in [0.2, 0.25) is 0 Å². The fraction of sp³-hybridized carbons (Fsp3) is 0.357. The van der Waals surface area contributed by atoms with Gasteiger partial charge in [0.25, 0.3) is 0 Å². The van der Waals surface area contributed by atoms with Crippen LogP contribution in [0.25, 0.3) is 6.08 Å². The highest BCUT2D eigenvalue weighted by Crippen LogP contribution is 2.35. The van der Waals surface area contributed by atoms with E-state index in [9.17, 15) is 4.79 Å². The fourth-order valence-electron chi connectivity index (χ4n) is 2.40. The zero-order chi connectivity index (χ0) is 13.1. The summed E-state index contributed by atoms with van der Waals surface area (Å²) in [6.45, 7) is 3.14. The van der Waals surface area contributed by atoms with Crippen LogP contribution < -0.4 is 4.90 Å². The fourth-order valence-corrected chi connectivity index (χ4v) is 2.69. The van der Waals surface area contributed by atoms with Gasteiger partial charge in [-0.25, -0.2) is 4.79 Å². The summed E-state index contributed by atoms with van der Waals surface area (Å²) in [5.74, 6) is -0.949. The Morgan fingerprint density at radius 1 is 1.56 bits per heavy atom. The van der Waals surface area contributed by atoms with E-state index in [1.54, 1.807) is 6.08 Å². The van der Waals surface area contributed by atoms with Crippen molar-refractivity contribution in [1.82, 2.24) is 0 Å². The SMILES string of the molecule is CC1CCCN1c1c(Cl)cccc1/C=C/C(=O)O. The average Bonchev–Trinajstić information content (AvgIpc) is 2.72. The van der Waals surface area contributed by atoms with Crippen molar-refractivity contribution in [3.8, 4) is 0 Å². The molecule has 1 aliphatic heterocycles. The van der Waals surface area contributed by atoms with Crippen LogP contribution in [-0.4, -0.2) is 23.7 Å². The highest BCUT2D eigenvalue weighted by molar-refractivity contribution is 6.33. The van der Waals surface area contributed by atoms with E-state index in [-0.39, 0.29) is 0 Å². The van der Waals surface area contributed by atoms with E-state index >= 15 is 0 Å². The van der Waals surface area contributed by atoms with Crippen LogP contribution in [0.1, 0.15) is 25.3 Å². The maximum Gasteiger partial charge on any atom is 0.328 e. The minimum absolute atomic E-state index is 0.446. The molecule has 0 saturated carbocycles. The predicted octanol–water partition coefficient (Wildman–Crippen LogP) is 3.43. The largest absolute Gasteiger partial charge is 0.478 e. The quantitative estimate of drug-likeness (QED) is 0.852. The molecular weight excluding hydrogens is 250 g/mol. The lowest BCUT2D eigenvalue weighted by Crippen LogP contribution is -2.27. The lowest BCUT2D eigenvalue weighted by Gasteiger charge is -2.26. The van der Waals surface area contributed by atoms with Crippen LogP contribution in [0.4, 0.5) is 5.69 Å². The van der Waals surface area contributed by atoms with Crippen molar-refractivity contribution < 1.29 is 9.90 Å². The molecule has 0 aliphatic carbocycles. The Balaban J connectivity index is 2.41. The second-order valence-corrected chi connectivity index (χ2v) is 4.94. The van der Waals surface area contributed by atoms with Gasteiger partial charge in [0.15, 0.2) is 0 Å². The van der Waals surface area contributed by atoms with Gasteiger partial charge < -0.3 is 10.0 Å². The van der Waals surface area contributed by atoms with E-state index in [2.05, 4.69) is 11.8 Å². The lowest BCUT2D eigenvalue weighted by atomic mass is 10.1. The molecule has 96 valence electrons. The smallest absolute Gasteiger partial charge is 0.328 e. The zero-order valence-electron chi connectivity index (χ0n) is 10.3. The Bertz CT molecular complexity index is 485. The molecule has 1 aliphatic rings. The summed E-state index contributed by atoms with van der Waals surface area (Å²) in [4.78, 5) is 12.9. The standard InChI is InChI=1S/C14H16ClNO2/c1-10-4-3-9-16(10)14-11(7-8-13(17)18)5-2-6-12(14)15/h2,5-8,10H,3-4,9H2,1H3,(H,17,18)/b8-7+. The van der Waals surface area contributed by atoms with Crippen LogP contribution in [-0.2, 0) is 4.79 Å². The van der Waals surface area contributed by atoms with E-state index in [4.69, 9.17) is 16.7 Å². The Labute approximate surface area is 112 Å². The van der Waals surface area contributed by atoms with Crippen LogP contribution in [0, 0.1) is 0 Å². The second-order valence-electron chi connectivity index (χ2n) is 4.53. The molecule has 1 atom stereocenters. The molecule has 0 bridgehead atoms. The number of halogens is 1. The first kappa shape index (κ1) is 13.0. The first-order valence-electron chi connectivity index (χ1n) is 6.06. The Kier molecular flexibility index (Phi) is 3.92. The van der Waals surface area contributed by atoms with Gasteiger partial charge in [-0.3, -0.25) is 0 Å². The number of carboxylic acids is 1. The molecule has 0 aromatic heterocycles. The van der Waals surface area contributed by atoms with Crippen LogP contribution in [0.3, 0.4) is 0 Å². The van der Waals surface area contributed by atoms with Gasteiger partial charge in [-0.1, -0.05) is 23.7 Å². The molecule has 1 aromatic carbocycles. The number of rotatable bonds is 3. The topological polar surface area (TPSA) is 40.5 Å². The highest BCUT2D eigenvalue weighted by Gasteiger charge is 2.23. The highest BCUT2D eigenvalue weighted by atomic mass is 35.5. The zero-order valence-corrected chi connectivity index (χ0v) is 11.0. The summed E-state index contributed by atoms with van der Waals surface area (Å²) < 4.78 is 0. The van der Waals surface area contributed by atoms with Gasteiger partial charge >= 0.3 is 5.97 Å². The van der Waals surface area contributed by atoms with Crippen molar-refractivity contribution in [2.75, 3.05) is 11.4 Å². The number of carbonyl (C=O) groups is 1. The summed E-state index contributed by atoms with van der Waals surface area (Å²) in [5, 5.41) is 9.40. The molecule has 0 spiro atoms. The predicted molar refractivity (Wildman–Crippen MR) is 74.2 cm³/mol. The van der Waals surface area contributed by atoms with E-state index in [1.807, 2.05) is 18.2 Å². The molecule has 18 heavy (non-hydrogen) atoms. The minimum atomic E-state index is -0.949. The number of hydrogen-bond donors (Lipinski definition) is 1. The summed E-state index contributed by atoms with van der Waals surface area (Å²) in [6.07, 6.45) is 5.05. The maximum absolute atomic E-state index is 10.6. The van der Waals surface area contributed by atoms with Crippen LogP contribution in [0.5, 0.6) is 0 Å². The van der Waals surface area contributed by atoms with Gasteiger partial charge in [0.1, 0.15) is 0 Å². The Morgan fingerprint density at radius 2 is 2.33 bits per heavy atom. The van der Waals surface area contributed by atoms with E-state index in [1.165, 1.54) is 0 Å². The molecule has 1 unspecified atom stereocenters. The first-order valence-corrected chi connectivity index (χ1v) is 6.43. The second kappa shape index (κ2) is 5.44. The van der Waals surface area contributed by atoms with Crippen molar-refractivity contribution in [2.45, 2.75) is 25.8 Å². The van der Waals surface area contributed by atoms with Gasteiger partial charge in [-0.2, -0.15) is 0 Å². The summed E-state index contributed by atoms with van der Waals surface area (Å²) >= 11 is 6.27. The molecule has 0 amide bonds. The molecule has 1 fully saturated rings. The third-order valence-corrected chi connectivity index (χ3v) is 3.57. The molecule has 1 aromatic rings. The van der Waals surface area contributed by atoms with Gasteiger partial charge in [0.05, 0.1) is 10.7 Å². The minimum Gasteiger partial charge on any atom is -0.478 e. The van der Waals surface area contributed by atoms with Crippen molar-refractivity contribution in [3.05, 3.63) is 34.9 Å². The first-order chi connectivity index (χ1) is 8.59. The number of para-hydroxylation sites is 1. The molecule has 1 saturated heterocycles. The van der Waals surface area contributed by atoms with Gasteiger partial charge in [-0.05, 0) is 37.5 Å². The lowest BCUT2D eigenvalue weighted by molar-refractivity contribution is -0.131. The third-order valence-electron chi connectivity index (χ3n) is 3.26. The van der Waals surface area contributed by atoms with Crippen molar-refractivity contribution in [3.63, 3.8) is 0 Å². The summed E-state index contributed by atoms with van der Waals surface area (Å²) in [5.41, 5.74) is 1.81.